The van der Waals surface area contributed by atoms with Gasteiger partial charge in [-0.25, -0.2) is 8.42 Å². The molecule has 1 atom stereocenters. The number of carbonyl (C=O) groups excluding carboxylic acids is 1. The first kappa shape index (κ1) is 20.3. The smallest absolute Gasteiger partial charge is 0.305 e. The van der Waals surface area contributed by atoms with Crippen molar-refractivity contribution >= 4 is 22.3 Å². The van der Waals surface area contributed by atoms with E-state index in [1.54, 1.807) is 18.2 Å². The molecule has 24 heavy (non-hydrogen) atoms. The minimum absolute atomic E-state index is 0.0632. The average molecular weight is 357 g/mol. The Bertz CT molecular complexity index is 627. The van der Waals surface area contributed by atoms with E-state index in [2.05, 4.69) is 0 Å². The number of carboxylic acids is 1. The Morgan fingerprint density at radius 3 is 2.29 bits per heavy atom. The Labute approximate surface area is 142 Å². The van der Waals surface area contributed by atoms with E-state index >= 15 is 0 Å². The molecule has 8 heteroatoms. The van der Waals surface area contributed by atoms with Gasteiger partial charge in [-0.2, -0.15) is 0 Å². The fraction of sp³-hybridized carbons (Fsp3) is 0.500. The second-order valence-corrected chi connectivity index (χ2v) is 7.13. The molecule has 0 saturated carbocycles. The van der Waals surface area contributed by atoms with Crippen molar-refractivity contribution in [2.24, 2.45) is 5.92 Å². The molecular formula is C16H23NO6S. The van der Waals surface area contributed by atoms with Crippen molar-refractivity contribution in [2.75, 3.05) is 6.61 Å². The number of nitrogens with zero attached hydrogens (tertiary/aromatic N) is 1. The summed E-state index contributed by atoms with van der Waals surface area (Å²) in [6.45, 7) is 3.98. The van der Waals surface area contributed by atoms with Crippen molar-refractivity contribution in [3.63, 3.8) is 0 Å². The van der Waals surface area contributed by atoms with Crippen LogP contribution in [-0.2, 0) is 24.4 Å². The van der Waals surface area contributed by atoms with E-state index in [1.165, 1.54) is 12.1 Å². The number of benzene rings is 1. The summed E-state index contributed by atoms with van der Waals surface area (Å²) in [6, 6.07) is 6.04. The van der Waals surface area contributed by atoms with Gasteiger partial charge in [0, 0.05) is 0 Å². The van der Waals surface area contributed by atoms with Gasteiger partial charge in [0.05, 0.1) is 17.9 Å². The first-order valence-electron chi connectivity index (χ1n) is 7.76. The van der Waals surface area contributed by atoms with E-state index in [0.29, 0.717) is 4.47 Å². The minimum atomic E-state index is -4.15. The number of carbonyl (C=O) groups is 2. The first-order chi connectivity index (χ1) is 11.4. The van der Waals surface area contributed by atoms with Crippen molar-refractivity contribution in [2.45, 2.75) is 44.0 Å². The van der Waals surface area contributed by atoms with Crippen LogP contribution in [-0.4, -0.2) is 42.9 Å². The largest absolute Gasteiger partial charge is 0.481 e. The molecule has 0 aliphatic rings. The van der Waals surface area contributed by atoms with Gasteiger partial charge in [-0.3, -0.25) is 9.63 Å². The quantitative estimate of drug-likeness (QED) is 0.481. The van der Waals surface area contributed by atoms with Gasteiger partial charge >= 0.3 is 5.97 Å². The third-order valence-corrected chi connectivity index (χ3v) is 5.40. The molecule has 0 amide bonds. The maximum absolute atomic E-state index is 12.8. The second-order valence-electron chi connectivity index (χ2n) is 5.35. The van der Waals surface area contributed by atoms with Crippen LogP contribution in [0.1, 0.15) is 33.1 Å². The van der Waals surface area contributed by atoms with Crippen molar-refractivity contribution < 1.29 is 28.0 Å². The second kappa shape index (κ2) is 9.51. The molecule has 0 radical (unpaired) electrons. The number of hydrogen-bond donors (Lipinski definition) is 1. The van der Waals surface area contributed by atoms with Gasteiger partial charge < -0.3 is 9.90 Å². The van der Waals surface area contributed by atoms with Gasteiger partial charge in [0.15, 0.2) is 0 Å². The summed E-state index contributed by atoms with van der Waals surface area (Å²) >= 11 is 0. The summed E-state index contributed by atoms with van der Waals surface area (Å²) in [4.78, 5) is 27.6. The van der Waals surface area contributed by atoms with Gasteiger partial charge in [0.1, 0.15) is 12.3 Å². The molecule has 0 aliphatic carbocycles. The molecule has 0 spiro atoms. The maximum Gasteiger partial charge on any atom is 0.305 e. The van der Waals surface area contributed by atoms with Gasteiger partial charge in [-0.05, 0) is 18.1 Å². The van der Waals surface area contributed by atoms with E-state index in [1.807, 2.05) is 13.8 Å². The number of aldehydes is 1. The molecule has 134 valence electrons. The minimum Gasteiger partial charge on any atom is -0.481 e. The zero-order valence-electron chi connectivity index (χ0n) is 13.8. The molecule has 1 N–H and O–H groups in total. The lowest BCUT2D eigenvalue weighted by Gasteiger charge is -2.27. The van der Waals surface area contributed by atoms with Gasteiger partial charge in [0.2, 0.25) is 0 Å². The normalized spacial score (nSPS) is 13.2. The topological polar surface area (TPSA) is 101 Å². The molecule has 1 aromatic carbocycles. The molecular weight excluding hydrogens is 334 g/mol. The Hall–Kier alpha value is -1.77. The molecule has 1 unspecified atom stereocenters. The highest BCUT2D eigenvalue weighted by atomic mass is 32.2. The molecule has 0 aliphatic heterocycles. The number of rotatable bonds is 11. The predicted octanol–water partition coefficient (Wildman–Crippen LogP) is 2.09. The third-order valence-electron chi connectivity index (χ3n) is 3.68. The lowest BCUT2D eigenvalue weighted by atomic mass is 10.1. The van der Waals surface area contributed by atoms with E-state index in [9.17, 15) is 18.0 Å². The highest BCUT2D eigenvalue weighted by Crippen LogP contribution is 2.21. The van der Waals surface area contributed by atoms with Crippen LogP contribution in [0.2, 0.25) is 0 Å². The van der Waals surface area contributed by atoms with Crippen LogP contribution in [0.25, 0.3) is 0 Å². The Morgan fingerprint density at radius 2 is 1.83 bits per heavy atom. The number of carboxylic acid groups (broad SMARTS) is 1. The maximum atomic E-state index is 12.8. The van der Waals surface area contributed by atoms with Crippen LogP contribution in [0, 0.1) is 5.92 Å². The highest BCUT2D eigenvalue weighted by molar-refractivity contribution is 7.89. The van der Waals surface area contributed by atoms with Crippen LogP contribution in [0.5, 0.6) is 0 Å². The monoisotopic (exact) mass is 357 g/mol. The third kappa shape index (κ3) is 5.40. The van der Waals surface area contributed by atoms with E-state index in [0.717, 1.165) is 12.8 Å². The summed E-state index contributed by atoms with van der Waals surface area (Å²) in [5.41, 5.74) is 0. The first-order valence-corrected chi connectivity index (χ1v) is 9.20. The fourth-order valence-electron chi connectivity index (χ4n) is 2.09. The van der Waals surface area contributed by atoms with Crippen molar-refractivity contribution in [3.05, 3.63) is 30.3 Å². The van der Waals surface area contributed by atoms with Crippen LogP contribution >= 0.6 is 0 Å². The summed E-state index contributed by atoms with van der Waals surface area (Å²) in [7, 11) is -4.15. The molecule has 7 nitrogen and oxygen atoms in total. The lowest BCUT2D eigenvalue weighted by Crippen LogP contribution is -2.43. The highest BCUT2D eigenvalue weighted by Gasteiger charge is 2.34. The zero-order valence-corrected chi connectivity index (χ0v) is 14.6. The molecule has 0 aromatic heterocycles. The summed E-state index contributed by atoms with van der Waals surface area (Å²) in [6.07, 6.45) is 1.17. The number of hydroxylamine groups is 1. The van der Waals surface area contributed by atoms with E-state index in [4.69, 9.17) is 9.94 Å². The molecule has 0 fully saturated rings. The number of aliphatic carboxylic acids is 1. The van der Waals surface area contributed by atoms with Crippen LogP contribution in [0.3, 0.4) is 0 Å². The Morgan fingerprint density at radius 1 is 1.25 bits per heavy atom. The SMILES string of the molecule is CCC(CC)CON(C(C=O)CC(=O)O)S(=O)(=O)c1ccccc1. The Kier molecular flexibility index (Phi) is 8.03. The van der Waals surface area contributed by atoms with Crippen LogP contribution in [0.4, 0.5) is 0 Å². The van der Waals surface area contributed by atoms with Gasteiger partial charge in [0.25, 0.3) is 10.0 Å². The average Bonchev–Trinajstić information content (AvgIpc) is 2.57. The predicted molar refractivity (Wildman–Crippen MR) is 87.6 cm³/mol. The van der Waals surface area contributed by atoms with E-state index in [-0.39, 0.29) is 23.7 Å². The van der Waals surface area contributed by atoms with E-state index < -0.39 is 28.5 Å². The summed E-state index contributed by atoms with van der Waals surface area (Å²) in [5.74, 6) is -1.18. The van der Waals surface area contributed by atoms with Crippen LogP contribution < -0.4 is 0 Å². The lowest BCUT2D eigenvalue weighted by molar-refractivity contribution is -0.153. The summed E-state index contributed by atoms with van der Waals surface area (Å²) in [5, 5.41) is 8.93. The number of hydrogen-bond acceptors (Lipinski definition) is 5. The standard InChI is InChI=1S/C16H23NO6S/c1-3-13(4-2)12-23-17(14(11-18)10-16(19)20)24(21,22)15-8-6-5-7-9-15/h5-9,11,13-14H,3-4,10,12H2,1-2H3,(H,19,20). The van der Waals surface area contributed by atoms with Gasteiger partial charge in [-0.1, -0.05) is 49.4 Å². The van der Waals surface area contributed by atoms with Crippen LogP contribution in [0.15, 0.2) is 35.2 Å². The molecule has 1 rings (SSSR count). The fourth-order valence-corrected chi connectivity index (χ4v) is 3.48. The Balaban J connectivity index is 3.16. The molecule has 0 bridgehead atoms. The summed E-state index contributed by atoms with van der Waals surface area (Å²) < 4.78 is 26.0. The zero-order chi connectivity index (χ0) is 18.2. The molecule has 0 saturated heterocycles. The molecule has 0 heterocycles. The van der Waals surface area contributed by atoms with Crippen molar-refractivity contribution in [1.29, 1.82) is 0 Å². The molecule has 1 aromatic rings. The van der Waals surface area contributed by atoms with Crippen molar-refractivity contribution in [1.82, 2.24) is 4.47 Å². The number of sulfonamides is 1. The van der Waals surface area contributed by atoms with Gasteiger partial charge in [-0.15, -0.1) is 0 Å². The van der Waals surface area contributed by atoms with Crippen molar-refractivity contribution in [3.8, 4) is 0 Å².